The summed E-state index contributed by atoms with van der Waals surface area (Å²) >= 11 is 0. The topological polar surface area (TPSA) is 74.6 Å². The van der Waals surface area contributed by atoms with Crippen LogP contribution in [0.2, 0.25) is 0 Å². The fraction of sp³-hybridized carbons (Fsp3) is 0.700. The molecule has 24 heavy (non-hydrogen) atoms. The number of ketones is 1. The molecule has 132 valence electrons. The second-order valence-electron chi connectivity index (χ2n) is 8.68. The van der Waals surface area contributed by atoms with Gasteiger partial charge in [-0.3, -0.25) is 9.59 Å². The molecule has 0 heterocycles. The maximum Gasteiger partial charge on any atom is 0.309 e. The number of carboxylic acids is 1. The van der Waals surface area contributed by atoms with E-state index in [-0.39, 0.29) is 23.5 Å². The van der Waals surface area contributed by atoms with E-state index in [1.54, 1.807) is 13.0 Å². The molecule has 3 aliphatic carbocycles. The number of aliphatic hydroxyl groups excluding tert-OH is 1. The lowest BCUT2D eigenvalue weighted by molar-refractivity contribution is -0.160. The van der Waals surface area contributed by atoms with Crippen LogP contribution >= 0.6 is 0 Å². The van der Waals surface area contributed by atoms with Gasteiger partial charge in [-0.15, -0.1) is 6.58 Å². The molecule has 0 bridgehead atoms. The molecule has 5 atom stereocenters. The van der Waals surface area contributed by atoms with Crippen molar-refractivity contribution in [2.75, 3.05) is 0 Å². The minimum Gasteiger partial charge on any atom is -0.481 e. The zero-order chi connectivity index (χ0) is 17.9. The van der Waals surface area contributed by atoms with Crippen molar-refractivity contribution in [3.05, 3.63) is 23.8 Å². The van der Waals surface area contributed by atoms with Gasteiger partial charge in [0.15, 0.2) is 5.78 Å². The zero-order valence-corrected chi connectivity index (χ0v) is 14.9. The summed E-state index contributed by atoms with van der Waals surface area (Å²) in [6.07, 6.45) is 4.99. The minimum absolute atomic E-state index is 0.0675. The molecule has 0 aromatic heterocycles. The Morgan fingerprint density at radius 1 is 1.25 bits per heavy atom. The third-order valence-corrected chi connectivity index (χ3v) is 7.40. The molecule has 0 amide bonds. The van der Waals surface area contributed by atoms with Crippen molar-refractivity contribution in [1.82, 2.24) is 0 Å². The lowest BCUT2D eigenvalue weighted by Gasteiger charge is -2.56. The second kappa shape index (κ2) is 5.29. The molecule has 0 saturated heterocycles. The predicted octanol–water partition coefficient (Wildman–Crippen LogP) is 3.50. The number of aliphatic carboxylic acids is 1. The number of allylic oxidation sites excluding steroid dienone is 1. The van der Waals surface area contributed by atoms with Gasteiger partial charge in [0.25, 0.3) is 0 Å². The van der Waals surface area contributed by atoms with Crippen LogP contribution in [0.1, 0.15) is 59.3 Å². The minimum atomic E-state index is -0.870. The average molecular weight is 332 g/mol. The van der Waals surface area contributed by atoms with E-state index in [2.05, 4.69) is 13.5 Å². The maximum atomic E-state index is 12.9. The smallest absolute Gasteiger partial charge is 0.309 e. The van der Waals surface area contributed by atoms with Crippen molar-refractivity contribution < 1.29 is 19.8 Å². The second-order valence-corrected chi connectivity index (χ2v) is 8.68. The summed E-state index contributed by atoms with van der Waals surface area (Å²) in [6, 6.07) is 0. The predicted molar refractivity (Wildman–Crippen MR) is 91.4 cm³/mol. The molecule has 0 aromatic rings. The van der Waals surface area contributed by atoms with Gasteiger partial charge >= 0.3 is 5.97 Å². The van der Waals surface area contributed by atoms with E-state index in [4.69, 9.17) is 0 Å². The molecule has 4 heteroatoms. The maximum absolute atomic E-state index is 12.9. The Bertz CT molecular complexity index is 648. The third kappa shape index (κ3) is 2.08. The molecule has 2 N–H and O–H groups in total. The number of fused-ring (bicyclic) bond motifs is 2. The molecule has 5 unspecified atom stereocenters. The number of hydrogen-bond donors (Lipinski definition) is 2. The Balaban J connectivity index is 2.15. The number of rotatable bonds is 2. The normalized spacial score (nSPS) is 45.4. The van der Waals surface area contributed by atoms with Crippen molar-refractivity contribution in [2.24, 2.45) is 22.2 Å². The summed E-state index contributed by atoms with van der Waals surface area (Å²) in [6.45, 7) is 9.69. The van der Waals surface area contributed by atoms with Crippen molar-refractivity contribution in [2.45, 2.75) is 65.4 Å². The summed E-state index contributed by atoms with van der Waals surface area (Å²) < 4.78 is 0. The first-order chi connectivity index (χ1) is 11.1. The van der Waals surface area contributed by atoms with Gasteiger partial charge in [0.2, 0.25) is 0 Å². The summed E-state index contributed by atoms with van der Waals surface area (Å²) in [5.41, 5.74) is -0.0916. The summed E-state index contributed by atoms with van der Waals surface area (Å²) in [5.74, 6) is -1.06. The molecule has 0 aliphatic heterocycles. The van der Waals surface area contributed by atoms with E-state index in [0.717, 1.165) is 31.3 Å². The first-order valence-electron chi connectivity index (χ1n) is 8.92. The Morgan fingerprint density at radius 2 is 1.92 bits per heavy atom. The summed E-state index contributed by atoms with van der Waals surface area (Å²) in [7, 11) is 0. The van der Waals surface area contributed by atoms with Gasteiger partial charge in [-0.25, -0.2) is 0 Å². The first kappa shape index (κ1) is 17.4. The molecule has 0 spiro atoms. The van der Waals surface area contributed by atoms with Crippen molar-refractivity contribution >= 4 is 11.8 Å². The van der Waals surface area contributed by atoms with E-state index in [0.29, 0.717) is 12.0 Å². The van der Waals surface area contributed by atoms with E-state index in [1.807, 2.05) is 6.92 Å². The van der Waals surface area contributed by atoms with E-state index in [9.17, 15) is 19.8 Å². The van der Waals surface area contributed by atoms with Gasteiger partial charge in [-0.1, -0.05) is 31.9 Å². The lowest BCUT2D eigenvalue weighted by Crippen LogP contribution is -2.55. The van der Waals surface area contributed by atoms with Crippen LogP contribution < -0.4 is 0 Å². The quantitative estimate of drug-likeness (QED) is 0.759. The SMILES string of the molecule is C=CC1(C)CCC2=C(C(=O)CC3C(C)(C(=O)O)CCCC23C)C1O. The van der Waals surface area contributed by atoms with Crippen molar-refractivity contribution in [1.29, 1.82) is 0 Å². The third-order valence-electron chi connectivity index (χ3n) is 7.40. The van der Waals surface area contributed by atoms with Crippen LogP contribution in [0.15, 0.2) is 23.8 Å². The molecule has 0 aromatic carbocycles. The highest BCUT2D eigenvalue weighted by molar-refractivity contribution is 5.99. The molecular weight excluding hydrogens is 304 g/mol. The number of aliphatic hydroxyl groups is 1. The summed E-state index contributed by atoms with van der Waals surface area (Å²) in [4.78, 5) is 24.9. The van der Waals surface area contributed by atoms with Gasteiger partial charge in [0.1, 0.15) is 0 Å². The highest BCUT2D eigenvalue weighted by Gasteiger charge is 2.59. The Morgan fingerprint density at radius 3 is 2.50 bits per heavy atom. The van der Waals surface area contributed by atoms with Crippen LogP contribution in [-0.2, 0) is 9.59 Å². The highest BCUT2D eigenvalue weighted by Crippen LogP contribution is 2.62. The summed E-state index contributed by atoms with van der Waals surface area (Å²) in [5, 5.41) is 20.7. The standard InChI is InChI=1S/C20H28O4/c1-5-18(2)10-7-12-15(16(18)22)13(21)11-14-19(12,3)8-6-9-20(14,4)17(23)24/h5,14,16,22H,1,6-11H2,2-4H3,(H,23,24). The first-order valence-corrected chi connectivity index (χ1v) is 8.92. The van der Waals surface area contributed by atoms with Gasteiger partial charge in [-0.05, 0) is 43.9 Å². The zero-order valence-electron chi connectivity index (χ0n) is 14.9. The fourth-order valence-corrected chi connectivity index (χ4v) is 5.53. The molecule has 0 radical (unpaired) electrons. The van der Waals surface area contributed by atoms with E-state index < -0.39 is 22.9 Å². The van der Waals surface area contributed by atoms with Gasteiger partial charge in [0, 0.05) is 17.4 Å². The molecular formula is C20H28O4. The largest absolute Gasteiger partial charge is 0.481 e. The van der Waals surface area contributed by atoms with Crippen LogP contribution in [-0.4, -0.2) is 28.1 Å². The monoisotopic (exact) mass is 332 g/mol. The fourth-order valence-electron chi connectivity index (χ4n) is 5.53. The van der Waals surface area contributed by atoms with Crippen molar-refractivity contribution in [3.8, 4) is 0 Å². The molecule has 3 aliphatic rings. The molecule has 3 rings (SSSR count). The van der Waals surface area contributed by atoms with Crippen LogP contribution in [0.3, 0.4) is 0 Å². The molecule has 1 saturated carbocycles. The Kier molecular flexibility index (Phi) is 3.83. The van der Waals surface area contributed by atoms with Gasteiger partial charge in [-0.2, -0.15) is 0 Å². The van der Waals surface area contributed by atoms with Crippen LogP contribution in [0.4, 0.5) is 0 Å². The van der Waals surface area contributed by atoms with Crippen LogP contribution in [0.25, 0.3) is 0 Å². The Labute approximate surface area is 143 Å². The molecule has 1 fully saturated rings. The average Bonchev–Trinajstić information content (AvgIpc) is 2.52. The lowest BCUT2D eigenvalue weighted by atomic mass is 9.47. The number of carbonyl (C=O) groups excluding carboxylic acids is 1. The number of Topliss-reactive ketones (excluding diaryl/α,β-unsaturated/α-hetero) is 1. The molecule has 4 nitrogen and oxygen atoms in total. The van der Waals surface area contributed by atoms with Gasteiger partial charge < -0.3 is 10.2 Å². The number of hydrogen-bond acceptors (Lipinski definition) is 3. The van der Waals surface area contributed by atoms with Crippen molar-refractivity contribution in [3.63, 3.8) is 0 Å². The highest BCUT2D eigenvalue weighted by atomic mass is 16.4. The van der Waals surface area contributed by atoms with Crippen LogP contribution in [0, 0.1) is 22.2 Å². The van der Waals surface area contributed by atoms with E-state index in [1.165, 1.54) is 0 Å². The van der Waals surface area contributed by atoms with Crippen LogP contribution in [0.5, 0.6) is 0 Å². The number of carbonyl (C=O) groups is 2. The number of carboxylic acid groups (broad SMARTS) is 1. The van der Waals surface area contributed by atoms with E-state index >= 15 is 0 Å². The van der Waals surface area contributed by atoms with Gasteiger partial charge in [0.05, 0.1) is 11.5 Å². The Hall–Kier alpha value is -1.42.